The molecule has 0 saturated heterocycles. The fourth-order valence-corrected chi connectivity index (χ4v) is 22.3. The fourth-order valence-electron chi connectivity index (χ4n) is 11.9. The SMILES string of the molecule is CC(C)[Si](C#Cc1ccc(NC(C(Nc2ccc(C#C[Si](C(C)C)(C(C)C)C(C)C)cc2)=C2c3ccccc3-c3ccccc32)=C2c3ccccc3-c3ccccc32)cc1)(C(C)C)C(C)C. The highest BCUT2D eigenvalue weighted by Gasteiger charge is 2.43. The molecule has 334 valence electrons. The molecule has 0 aliphatic heterocycles. The summed E-state index contributed by atoms with van der Waals surface area (Å²) in [5.74, 6) is 7.39. The van der Waals surface area contributed by atoms with Gasteiger partial charge in [-0.2, -0.15) is 0 Å². The number of fused-ring (bicyclic) bond motifs is 6. The Morgan fingerprint density at radius 3 is 0.773 bits per heavy atom. The van der Waals surface area contributed by atoms with Crippen LogP contribution in [-0.2, 0) is 0 Å². The minimum atomic E-state index is -1.90. The van der Waals surface area contributed by atoms with Crippen molar-refractivity contribution in [2.24, 2.45) is 0 Å². The van der Waals surface area contributed by atoms with Crippen LogP contribution in [0.3, 0.4) is 0 Å². The van der Waals surface area contributed by atoms with Gasteiger partial charge in [0.1, 0.15) is 16.1 Å². The molecule has 0 heterocycles. The summed E-state index contributed by atoms with van der Waals surface area (Å²) in [5, 5.41) is 8.20. The van der Waals surface area contributed by atoms with Crippen LogP contribution in [0.5, 0.6) is 0 Å². The predicted octanol–water partition coefficient (Wildman–Crippen LogP) is 17.2. The molecule has 0 atom stereocenters. The maximum absolute atomic E-state index is 4.10. The Hall–Kier alpha value is -6.05. The average molecular weight is 897 g/mol. The van der Waals surface area contributed by atoms with Gasteiger partial charge in [0.15, 0.2) is 0 Å². The molecule has 2 nitrogen and oxygen atoms in total. The molecule has 0 radical (unpaired) electrons. The van der Waals surface area contributed by atoms with Crippen LogP contribution in [-0.4, -0.2) is 16.1 Å². The number of hydrogen-bond acceptors (Lipinski definition) is 2. The summed E-state index contributed by atoms with van der Waals surface area (Å²) in [6.07, 6.45) is 0. The van der Waals surface area contributed by atoms with Crippen molar-refractivity contribution in [2.45, 2.75) is 116 Å². The van der Waals surface area contributed by atoms with Crippen molar-refractivity contribution < 1.29 is 0 Å². The molecule has 6 aromatic carbocycles. The third-order valence-corrected chi connectivity index (χ3v) is 27.6. The highest BCUT2D eigenvalue weighted by molar-refractivity contribution is 6.91. The monoisotopic (exact) mass is 896 g/mol. The Morgan fingerprint density at radius 1 is 0.318 bits per heavy atom. The van der Waals surface area contributed by atoms with Gasteiger partial charge in [-0.3, -0.25) is 0 Å². The van der Waals surface area contributed by atoms with Crippen LogP contribution in [0.15, 0.2) is 157 Å². The van der Waals surface area contributed by atoms with E-state index < -0.39 is 16.1 Å². The number of anilines is 2. The summed E-state index contributed by atoms with van der Waals surface area (Å²) >= 11 is 0. The topological polar surface area (TPSA) is 24.1 Å². The van der Waals surface area contributed by atoms with E-state index in [1.807, 2.05) is 0 Å². The minimum absolute atomic E-state index is 0.576. The average Bonchev–Trinajstić information content (AvgIpc) is 3.81. The van der Waals surface area contributed by atoms with Gasteiger partial charge < -0.3 is 10.6 Å². The van der Waals surface area contributed by atoms with Crippen LogP contribution in [0.1, 0.15) is 116 Å². The van der Waals surface area contributed by atoms with E-state index in [4.69, 9.17) is 0 Å². The number of benzene rings is 6. The lowest BCUT2D eigenvalue weighted by atomic mass is 9.94. The molecule has 0 aromatic heterocycles. The maximum Gasteiger partial charge on any atom is 0.146 e. The molecule has 66 heavy (non-hydrogen) atoms. The Morgan fingerprint density at radius 2 is 0.545 bits per heavy atom. The summed E-state index contributed by atoms with van der Waals surface area (Å²) in [4.78, 5) is 0. The standard InChI is InChI=1S/C62H68N2Si2/c1-41(2)65(42(3)4,43(5)6)39-37-47-29-33-49(34-30-47)63-61(59-55-25-17-13-21-51(55)52-22-14-18-26-56(52)59)62(60-57-27-19-15-23-53(57)54-24-16-20-28-58(54)60)64-50-35-31-48(32-36-50)38-40-66(44(7)8,45(9)10)46(11)12/h13-36,41-46,63-64H,1-12H3. The molecule has 2 aliphatic carbocycles. The van der Waals surface area contributed by atoms with E-state index in [1.54, 1.807) is 0 Å². The molecule has 4 heteroatoms. The highest BCUT2D eigenvalue weighted by Crippen LogP contribution is 2.51. The molecule has 6 aromatic rings. The summed E-state index contributed by atoms with van der Waals surface area (Å²) in [7, 11) is -3.79. The van der Waals surface area contributed by atoms with Gasteiger partial charge in [0, 0.05) is 33.6 Å². The van der Waals surface area contributed by atoms with Crippen molar-refractivity contribution >= 4 is 38.7 Å². The van der Waals surface area contributed by atoms with Crippen molar-refractivity contribution in [3.63, 3.8) is 0 Å². The van der Waals surface area contributed by atoms with Crippen molar-refractivity contribution in [2.75, 3.05) is 10.6 Å². The molecular formula is C62H68N2Si2. The van der Waals surface area contributed by atoms with Crippen LogP contribution >= 0.6 is 0 Å². The predicted molar refractivity (Wildman–Crippen MR) is 292 cm³/mol. The molecule has 2 aliphatic rings. The second-order valence-electron chi connectivity index (χ2n) is 20.4. The lowest BCUT2D eigenvalue weighted by Crippen LogP contribution is -2.43. The maximum atomic E-state index is 4.10. The van der Waals surface area contributed by atoms with Crippen LogP contribution in [0.4, 0.5) is 11.4 Å². The molecule has 0 spiro atoms. The van der Waals surface area contributed by atoms with Gasteiger partial charge in [-0.05, 0) is 126 Å². The molecule has 0 bridgehead atoms. The van der Waals surface area contributed by atoms with Crippen molar-refractivity contribution in [3.8, 4) is 45.2 Å². The van der Waals surface area contributed by atoms with Crippen LogP contribution in [0, 0.1) is 22.9 Å². The number of rotatable bonds is 11. The van der Waals surface area contributed by atoms with E-state index >= 15 is 0 Å². The van der Waals surface area contributed by atoms with Gasteiger partial charge in [-0.25, -0.2) is 0 Å². The van der Waals surface area contributed by atoms with Gasteiger partial charge in [-0.15, -0.1) is 11.1 Å². The smallest absolute Gasteiger partial charge is 0.146 e. The van der Waals surface area contributed by atoms with E-state index in [1.165, 1.54) is 55.7 Å². The van der Waals surface area contributed by atoms with Gasteiger partial charge in [0.2, 0.25) is 0 Å². The first-order chi connectivity index (χ1) is 31.7. The van der Waals surface area contributed by atoms with Crippen LogP contribution in [0.25, 0.3) is 33.4 Å². The zero-order chi connectivity index (χ0) is 46.9. The first-order valence-electron chi connectivity index (χ1n) is 24.4. The van der Waals surface area contributed by atoms with Gasteiger partial charge in [0.05, 0.1) is 11.4 Å². The Labute approximate surface area is 399 Å². The second-order valence-corrected chi connectivity index (χ2v) is 31.5. The minimum Gasteiger partial charge on any atom is -0.353 e. The lowest BCUT2D eigenvalue weighted by Gasteiger charge is -2.38. The molecule has 0 amide bonds. The van der Waals surface area contributed by atoms with Crippen molar-refractivity contribution in [3.05, 3.63) is 190 Å². The zero-order valence-electron chi connectivity index (χ0n) is 41.3. The first kappa shape index (κ1) is 46.5. The summed E-state index contributed by atoms with van der Waals surface area (Å²) in [6.45, 7) is 28.6. The molecular weight excluding hydrogens is 829 g/mol. The number of nitrogens with one attached hydrogen (secondary N) is 2. The second kappa shape index (κ2) is 19.0. The lowest BCUT2D eigenvalue weighted by molar-refractivity contribution is 0.838. The Bertz CT molecular complexity index is 2600. The third kappa shape index (κ3) is 8.36. The summed E-state index contributed by atoms with van der Waals surface area (Å²) in [5.41, 5.74) is 29.6. The van der Waals surface area contributed by atoms with E-state index in [9.17, 15) is 0 Å². The van der Waals surface area contributed by atoms with Gasteiger partial charge in [0.25, 0.3) is 0 Å². The van der Waals surface area contributed by atoms with Gasteiger partial charge in [-0.1, -0.05) is 192 Å². The molecule has 0 fully saturated rings. The first-order valence-corrected chi connectivity index (χ1v) is 28.8. The van der Waals surface area contributed by atoms with Crippen molar-refractivity contribution in [1.82, 2.24) is 0 Å². The van der Waals surface area contributed by atoms with E-state index in [-0.39, 0.29) is 0 Å². The normalized spacial score (nSPS) is 12.8. The van der Waals surface area contributed by atoms with Crippen LogP contribution < -0.4 is 10.6 Å². The van der Waals surface area contributed by atoms with Crippen molar-refractivity contribution in [1.29, 1.82) is 0 Å². The number of hydrogen-bond donors (Lipinski definition) is 2. The fraction of sp³-hybridized carbons (Fsp3) is 0.290. The van der Waals surface area contributed by atoms with Crippen LogP contribution in [0.2, 0.25) is 33.2 Å². The molecule has 8 rings (SSSR count). The molecule has 0 unspecified atom stereocenters. The van der Waals surface area contributed by atoms with Gasteiger partial charge >= 0.3 is 0 Å². The molecule has 0 saturated carbocycles. The Balaban J connectivity index is 1.33. The summed E-state index contributed by atoms with van der Waals surface area (Å²) < 4.78 is 0. The van der Waals surface area contributed by atoms with E-state index in [0.29, 0.717) is 33.2 Å². The molecule has 2 N–H and O–H groups in total. The van der Waals surface area contributed by atoms with E-state index in [2.05, 4.69) is 262 Å². The summed E-state index contributed by atoms with van der Waals surface area (Å²) in [6, 6.07) is 53.1. The van der Waals surface area contributed by atoms with E-state index in [0.717, 1.165) is 33.9 Å². The highest BCUT2D eigenvalue weighted by atomic mass is 28.3. The Kier molecular flexibility index (Phi) is 13.4. The zero-order valence-corrected chi connectivity index (χ0v) is 43.3. The third-order valence-electron chi connectivity index (χ3n) is 15.0. The quantitative estimate of drug-likeness (QED) is 0.0998. The largest absolute Gasteiger partial charge is 0.353 e.